The number of nitrogens with zero attached hydrogens (tertiary/aromatic N) is 1. The summed E-state index contributed by atoms with van der Waals surface area (Å²) in [7, 11) is 1.18. The van der Waals surface area contributed by atoms with Gasteiger partial charge in [-0.2, -0.15) is 0 Å². The molecule has 0 fully saturated rings. The number of carboxylic acids is 1. The third-order valence-electron chi connectivity index (χ3n) is 14.4. The Labute approximate surface area is 533 Å². The number of aromatic hydroxyl groups is 5. The van der Waals surface area contributed by atoms with E-state index in [1.165, 1.54) is 67.7 Å². The van der Waals surface area contributed by atoms with E-state index in [1.54, 1.807) is 30.5 Å². The summed E-state index contributed by atoms with van der Waals surface area (Å²) >= 11 is 37.9. The van der Waals surface area contributed by atoms with Gasteiger partial charge in [0.2, 0.25) is 35.3 Å². The highest BCUT2D eigenvalue weighted by atomic mass is 35.5. The number of fused-ring (bicyclic) bond motifs is 10. The number of H-pyrrole nitrogens is 1. The molecule has 2 aliphatic rings. The lowest BCUT2D eigenvalue weighted by Crippen LogP contribution is -2.54. The fraction of sp³-hybridized carbons (Fsp3) is 0.148. The fourth-order valence-corrected chi connectivity index (χ4v) is 11.2. The number of halogens is 6. The Morgan fingerprint density at radius 1 is 0.652 bits per heavy atom. The van der Waals surface area contributed by atoms with Crippen molar-refractivity contribution < 1.29 is 73.7 Å². The third kappa shape index (κ3) is 14.3. The number of ether oxygens (including phenoxy) is 1. The van der Waals surface area contributed by atoms with Gasteiger partial charge in [0.1, 0.15) is 41.7 Å². The maximum atomic E-state index is 15.5. The second-order valence-electron chi connectivity index (χ2n) is 20.2. The van der Waals surface area contributed by atoms with Crippen molar-refractivity contribution >= 4 is 128 Å². The Balaban J connectivity index is 1.13. The van der Waals surface area contributed by atoms with Crippen LogP contribution in [0.3, 0.4) is 0 Å². The topological polar surface area (TPSA) is 346 Å². The molecule has 0 radical (unpaired) electrons. The zero-order valence-electron chi connectivity index (χ0n) is 45.7. The van der Waals surface area contributed by atoms with E-state index in [4.69, 9.17) is 74.3 Å². The van der Waals surface area contributed by atoms with Crippen molar-refractivity contribution in [3.05, 3.63) is 203 Å². The normalized spacial score (nSPS) is 16.1. The molecule has 12 N–H and O–H groups in total. The first-order valence-electron chi connectivity index (χ1n) is 26.3. The summed E-state index contributed by atoms with van der Waals surface area (Å²) in [5.74, 6) is -12.7. The lowest BCUT2D eigenvalue weighted by Gasteiger charge is -2.33. The number of aliphatic carboxylic acids is 1. The molecule has 7 aromatic carbocycles. The fourth-order valence-electron chi connectivity index (χ4n) is 9.66. The molecular weight excluding hydrogens is 1280 g/mol. The highest BCUT2D eigenvalue weighted by Gasteiger charge is 2.40. The lowest BCUT2D eigenvalue weighted by atomic mass is 9.98. The summed E-state index contributed by atoms with van der Waals surface area (Å²) < 4.78 is 6.10. The number of likely N-dealkylation sites (N-methyl/N-ethyl adjacent to an activating group) is 1. The molecular formula is C61H47Cl6N7O15. The smallest absolute Gasteiger partial charge is 0.330 e. The van der Waals surface area contributed by atoms with Crippen LogP contribution in [0.5, 0.6) is 40.2 Å². The number of carbonyl (C=O) groups excluding carboxylic acids is 7. The molecule has 0 spiro atoms. The van der Waals surface area contributed by atoms with Crippen molar-refractivity contribution in [1.29, 1.82) is 0 Å². The molecule has 8 aromatic rings. The summed E-state index contributed by atoms with van der Waals surface area (Å²) in [5, 5.41) is 73.7. The molecule has 6 atom stereocenters. The van der Waals surface area contributed by atoms with E-state index in [9.17, 15) is 49.8 Å². The molecule has 10 rings (SSSR count). The van der Waals surface area contributed by atoms with E-state index in [0.29, 0.717) is 22.0 Å². The molecule has 28 heteroatoms. The number of carbonyl (C=O) groups is 8. The molecule has 4 bridgehead atoms. The zero-order valence-corrected chi connectivity index (χ0v) is 50.2. The largest absolute Gasteiger partial charge is 0.508 e. The van der Waals surface area contributed by atoms with E-state index in [-0.39, 0.29) is 68.0 Å². The van der Waals surface area contributed by atoms with Crippen molar-refractivity contribution in [3.8, 4) is 40.2 Å². The number of nitrogens with one attached hydrogen (secondary N) is 6. The van der Waals surface area contributed by atoms with Crippen LogP contribution in [0, 0.1) is 0 Å². The van der Waals surface area contributed by atoms with E-state index in [1.807, 2.05) is 0 Å². The van der Waals surface area contributed by atoms with Crippen molar-refractivity contribution in [3.63, 3.8) is 0 Å². The standard InChI is InChI=1S/C61H47Cl6N7O15/c1-74-44(56(82)73-50(61(87)88)27-8-11-33(75)12-9-27)16-26-6-13-34(14-7-26)89-46-24-28(10-15-45(46)76)47(57(83)72-49(60(74)86)30-19-38(64)53(79)39(65)20-30)71-58(84)48(29-17-36(62)52(78)37(63)18-29)70-55(81)43(23-32-25-68-42-5-3-2-4-35(32)42)69-59(85)51(77)31-21-40(66)54(80)41(67)22-31/h2-15,17-22,24-25,43-44,47-50,68,75-76,78-80H,16,23H2,1H3,(H,69,85)(H,70,81)(H,71,84)(H,72,83)(H,73,82)(H,87,88)/t43-,44-,47+,48-,49-,50+/m0/s1. The first kappa shape index (κ1) is 64.1. The van der Waals surface area contributed by atoms with Gasteiger partial charge in [0, 0.05) is 42.6 Å². The summed E-state index contributed by atoms with van der Waals surface area (Å²) in [6.45, 7) is 0. The van der Waals surface area contributed by atoms with Crippen molar-refractivity contribution in [2.24, 2.45) is 0 Å². The molecule has 6 amide bonds. The van der Waals surface area contributed by atoms with Crippen molar-refractivity contribution in [1.82, 2.24) is 36.5 Å². The van der Waals surface area contributed by atoms with Crippen LogP contribution >= 0.6 is 69.6 Å². The Morgan fingerprint density at radius 3 is 1.87 bits per heavy atom. The van der Waals surface area contributed by atoms with Gasteiger partial charge >= 0.3 is 5.97 Å². The number of amides is 6. The van der Waals surface area contributed by atoms with Gasteiger partial charge in [-0.15, -0.1) is 0 Å². The number of hydrogen-bond acceptors (Lipinski definition) is 14. The number of para-hydroxylation sites is 1. The second-order valence-corrected chi connectivity index (χ2v) is 22.7. The number of carboxylic acid groups (broad SMARTS) is 1. The molecule has 2 aliphatic heterocycles. The van der Waals surface area contributed by atoms with Crippen LogP contribution in [0.2, 0.25) is 30.1 Å². The Bertz CT molecular complexity index is 4100. The van der Waals surface area contributed by atoms with Gasteiger partial charge in [-0.3, -0.25) is 33.6 Å². The van der Waals surface area contributed by atoms with Gasteiger partial charge in [-0.25, -0.2) is 4.79 Å². The quantitative estimate of drug-likeness (QED) is 0.0336. The number of Topliss-reactive ketones (excluding diaryl/α,β-unsaturated/α-hetero) is 1. The van der Waals surface area contributed by atoms with Crippen LogP contribution in [-0.4, -0.2) is 107 Å². The van der Waals surface area contributed by atoms with E-state index in [0.717, 1.165) is 47.4 Å². The Morgan fingerprint density at radius 2 is 1.25 bits per heavy atom. The lowest BCUT2D eigenvalue weighted by molar-refractivity contribution is -0.145. The number of ketones is 1. The molecule has 22 nitrogen and oxygen atoms in total. The van der Waals surface area contributed by atoms with Gasteiger partial charge in [0.25, 0.3) is 5.91 Å². The van der Waals surface area contributed by atoms with Crippen LogP contribution < -0.4 is 31.3 Å². The summed E-state index contributed by atoms with van der Waals surface area (Å²) in [6.07, 6.45) is 0.857. The van der Waals surface area contributed by atoms with Crippen LogP contribution in [0.15, 0.2) is 134 Å². The maximum absolute atomic E-state index is 15.5. The number of aromatic amines is 1. The summed E-state index contributed by atoms with van der Waals surface area (Å²) in [4.78, 5) is 120. The number of phenols is 5. The zero-order chi connectivity index (χ0) is 64.3. The highest BCUT2D eigenvalue weighted by molar-refractivity contribution is 6.45. The minimum absolute atomic E-state index is 0.0384. The van der Waals surface area contributed by atoms with E-state index < -0.39 is 127 Å². The summed E-state index contributed by atoms with van der Waals surface area (Å²) in [6, 6.07) is 16.3. The number of aromatic nitrogens is 1. The molecule has 0 saturated carbocycles. The van der Waals surface area contributed by atoms with Crippen LogP contribution in [0.1, 0.15) is 67.9 Å². The molecule has 89 heavy (non-hydrogen) atoms. The first-order valence-corrected chi connectivity index (χ1v) is 28.6. The Hall–Kier alpha value is -9.42. The molecule has 0 aliphatic carbocycles. The van der Waals surface area contributed by atoms with Gasteiger partial charge < -0.3 is 71.8 Å². The SMILES string of the molecule is CN1C(=O)[C@H](c2cc(Cl)c(O)c(Cl)c2)NC(=O)[C@H](NC(=O)[C@@H](NC(=O)[C@H](Cc2c[nH]c3ccccc23)NC(=O)C(=O)c2cc(Cl)c(O)c(Cl)c2)c2cc(Cl)c(O)c(Cl)c2)c2ccc(O)c(c2)Oc2ccc(cc2)C[C@H]1C(=O)N[C@@H](C(=O)O)c1ccc(O)cc1. The van der Waals surface area contributed by atoms with Crippen LogP contribution in [0.25, 0.3) is 10.9 Å². The van der Waals surface area contributed by atoms with E-state index in [2.05, 4.69) is 31.6 Å². The first-order chi connectivity index (χ1) is 42.3. The maximum Gasteiger partial charge on any atom is 0.330 e. The summed E-state index contributed by atoms with van der Waals surface area (Å²) in [5.41, 5.74) is 0.456. The van der Waals surface area contributed by atoms with Crippen molar-refractivity contribution in [2.45, 2.75) is 49.1 Å². The average Bonchev–Trinajstić information content (AvgIpc) is 2.25. The van der Waals surface area contributed by atoms with Gasteiger partial charge in [-0.1, -0.05) is 118 Å². The van der Waals surface area contributed by atoms with Gasteiger partial charge in [0.05, 0.1) is 30.1 Å². The predicted octanol–water partition coefficient (Wildman–Crippen LogP) is 9.22. The van der Waals surface area contributed by atoms with E-state index >= 15 is 19.2 Å². The van der Waals surface area contributed by atoms with Crippen molar-refractivity contribution in [2.75, 3.05) is 7.05 Å². The molecule has 1 aromatic heterocycles. The highest BCUT2D eigenvalue weighted by Crippen LogP contribution is 2.40. The number of rotatable bonds is 15. The van der Waals surface area contributed by atoms with Crippen LogP contribution in [0.4, 0.5) is 0 Å². The molecule has 0 saturated heterocycles. The third-order valence-corrected chi connectivity index (χ3v) is 16.1. The van der Waals surface area contributed by atoms with Gasteiger partial charge in [-0.05, 0) is 112 Å². The monoisotopic (exact) mass is 1330 g/mol. The number of phenolic OH excluding ortho intramolecular Hbond substituents is 5. The minimum atomic E-state index is -2.03. The number of hydrogen-bond donors (Lipinski definition) is 12. The predicted molar refractivity (Wildman–Crippen MR) is 327 cm³/mol. The molecule has 0 unspecified atom stereocenters. The van der Waals surface area contributed by atoms with Crippen LogP contribution in [-0.2, 0) is 46.4 Å². The second kappa shape index (κ2) is 26.9. The number of benzene rings is 7. The Kier molecular flexibility index (Phi) is 19.4. The minimum Gasteiger partial charge on any atom is -0.508 e. The van der Waals surface area contributed by atoms with Gasteiger partial charge in [0.15, 0.2) is 34.8 Å². The molecule has 3 heterocycles. The average molecular weight is 1330 g/mol. The molecule has 458 valence electrons.